The zero-order valence-electron chi connectivity index (χ0n) is 7.52. The van der Waals surface area contributed by atoms with Crippen LogP contribution in [-0.4, -0.2) is 0 Å². The molecule has 0 bridgehead atoms. The Bertz CT molecular complexity index is 181. The summed E-state index contributed by atoms with van der Waals surface area (Å²) < 4.78 is 0. The minimum Gasteiger partial charge on any atom is -1.00 e. The molecule has 0 nitrogen and oxygen atoms in total. The zero-order chi connectivity index (χ0) is 6.81. The van der Waals surface area contributed by atoms with Crippen LogP contribution in [-0.2, 0) is 25.8 Å². The Balaban J connectivity index is 0. The van der Waals surface area contributed by atoms with Crippen molar-refractivity contribution < 1.29 is 35.3 Å². The summed E-state index contributed by atoms with van der Waals surface area (Å²) >= 11 is 0. The van der Waals surface area contributed by atoms with Crippen LogP contribution in [0, 0.1) is 12.0 Å². The molecule has 2 aliphatic carbocycles. The van der Waals surface area contributed by atoms with Crippen LogP contribution in [0.4, 0.5) is 0 Å². The fourth-order valence-corrected chi connectivity index (χ4v) is 1.94. The van der Waals surface area contributed by atoms with Crippen molar-refractivity contribution in [2.75, 3.05) is 0 Å². The SMILES string of the molecule is [C-]1=C(C2CCCC2)C=CC1.[F-].[F-].[Hf]. The van der Waals surface area contributed by atoms with Crippen LogP contribution in [0.25, 0.3) is 0 Å². The molecule has 3 heteroatoms. The molecule has 1 fully saturated rings. The van der Waals surface area contributed by atoms with Crippen molar-refractivity contribution in [1.29, 1.82) is 0 Å². The van der Waals surface area contributed by atoms with E-state index in [4.69, 9.17) is 0 Å². The quantitative estimate of drug-likeness (QED) is 0.347. The van der Waals surface area contributed by atoms with Gasteiger partial charge in [-0.25, -0.2) is 11.6 Å². The minimum absolute atomic E-state index is 0. The standard InChI is InChI=1S/C10H13.2FH.Hf/c1-2-6-9(5-1)10-7-3-4-8-10;;;/h1,5,10H,2-4,7-8H2;2*1H;/q-1;;;/p-2. The number of hydrogen-bond acceptors (Lipinski definition) is 0. The Morgan fingerprint density at radius 3 is 2.23 bits per heavy atom. The Labute approximate surface area is 97.0 Å². The molecule has 74 valence electrons. The number of rotatable bonds is 1. The van der Waals surface area contributed by atoms with Crippen LogP contribution in [0.3, 0.4) is 0 Å². The summed E-state index contributed by atoms with van der Waals surface area (Å²) in [6.45, 7) is 0. The number of halogens is 2. The minimum atomic E-state index is 0. The summed E-state index contributed by atoms with van der Waals surface area (Å²) in [5, 5.41) is 0. The molecule has 0 unspecified atom stereocenters. The summed E-state index contributed by atoms with van der Waals surface area (Å²) in [6.07, 6.45) is 14.6. The van der Waals surface area contributed by atoms with Crippen LogP contribution in [0.15, 0.2) is 17.7 Å². The Hall–Kier alpha value is 0.210. The second kappa shape index (κ2) is 7.60. The van der Waals surface area contributed by atoms with Gasteiger partial charge in [0.25, 0.3) is 0 Å². The zero-order valence-corrected chi connectivity index (χ0v) is 11.1. The van der Waals surface area contributed by atoms with Gasteiger partial charge in [0, 0.05) is 25.8 Å². The Kier molecular flexibility index (Phi) is 9.16. The molecule has 2 aliphatic rings. The van der Waals surface area contributed by atoms with E-state index in [1.807, 2.05) is 0 Å². The van der Waals surface area contributed by atoms with Gasteiger partial charge in [-0.2, -0.15) is 6.08 Å². The predicted molar refractivity (Wildman–Crippen MR) is 42.5 cm³/mol. The molecular formula is C10H13F2Hf-3. The van der Waals surface area contributed by atoms with Gasteiger partial charge in [0.15, 0.2) is 0 Å². The maximum absolute atomic E-state index is 3.40. The molecule has 0 N–H and O–H groups in total. The monoisotopic (exact) mass is 351 g/mol. The topological polar surface area (TPSA) is 0 Å². The first kappa shape index (κ1) is 15.7. The van der Waals surface area contributed by atoms with Crippen LogP contribution < -0.4 is 9.41 Å². The Morgan fingerprint density at radius 1 is 1.15 bits per heavy atom. The van der Waals surface area contributed by atoms with E-state index in [9.17, 15) is 0 Å². The fraction of sp³-hybridized carbons (Fsp3) is 0.600. The second-order valence-corrected chi connectivity index (χ2v) is 3.22. The molecule has 0 heterocycles. The predicted octanol–water partition coefficient (Wildman–Crippen LogP) is -3.13. The van der Waals surface area contributed by atoms with E-state index < -0.39 is 0 Å². The third-order valence-corrected chi connectivity index (χ3v) is 2.52. The second-order valence-electron chi connectivity index (χ2n) is 3.22. The molecule has 13 heavy (non-hydrogen) atoms. The first-order valence-corrected chi connectivity index (χ1v) is 4.24. The maximum Gasteiger partial charge on any atom is 0 e. The van der Waals surface area contributed by atoms with Crippen molar-refractivity contribution in [1.82, 2.24) is 0 Å². The van der Waals surface area contributed by atoms with Crippen molar-refractivity contribution in [2.45, 2.75) is 32.1 Å². The Morgan fingerprint density at radius 2 is 1.77 bits per heavy atom. The molecular weight excluding hydrogens is 337 g/mol. The molecule has 0 atom stereocenters. The molecule has 0 saturated heterocycles. The van der Waals surface area contributed by atoms with Gasteiger partial charge in [0.05, 0.1) is 0 Å². The first-order chi connectivity index (χ1) is 4.97. The van der Waals surface area contributed by atoms with Crippen molar-refractivity contribution in [2.24, 2.45) is 5.92 Å². The molecule has 2 rings (SSSR count). The largest absolute Gasteiger partial charge is 1.00 e. The van der Waals surface area contributed by atoms with Crippen molar-refractivity contribution >= 4 is 0 Å². The summed E-state index contributed by atoms with van der Waals surface area (Å²) in [5.74, 6) is 0.874. The van der Waals surface area contributed by atoms with Crippen molar-refractivity contribution in [3.63, 3.8) is 0 Å². The molecule has 0 aromatic heterocycles. The van der Waals surface area contributed by atoms with Gasteiger partial charge in [0.2, 0.25) is 0 Å². The first-order valence-electron chi connectivity index (χ1n) is 4.24. The van der Waals surface area contributed by atoms with Gasteiger partial charge >= 0.3 is 0 Å². The third kappa shape index (κ3) is 3.84. The summed E-state index contributed by atoms with van der Waals surface area (Å²) in [7, 11) is 0. The average molecular weight is 350 g/mol. The molecule has 0 radical (unpaired) electrons. The van der Waals surface area contributed by atoms with Gasteiger partial charge in [-0.05, 0) is 18.8 Å². The molecule has 0 aromatic carbocycles. The van der Waals surface area contributed by atoms with Crippen LogP contribution in [0.5, 0.6) is 0 Å². The van der Waals surface area contributed by atoms with E-state index in [0.29, 0.717) is 0 Å². The van der Waals surface area contributed by atoms with E-state index >= 15 is 0 Å². The smallest absolute Gasteiger partial charge is 0 e. The fourth-order valence-electron chi connectivity index (χ4n) is 1.94. The maximum atomic E-state index is 3.40. The van der Waals surface area contributed by atoms with Crippen LogP contribution in [0.2, 0.25) is 0 Å². The van der Waals surface area contributed by atoms with Gasteiger partial charge in [-0.1, -0.05) is 12.8 Å². The van der Waals surface area contributed by atoms with Crippen molar-refractivity contribution in [3.8, 4) is 0 Å². The van der Waals surface area contributed by atoms with E-state index in [1.165, 1.54) is 31.3 Å². The van der Waals surface area contributed by atoms with Gasteiger partial charge < -0.3 is 9.41 Å². The summed E-state index contributed by atoms with van der Waals surface area (Å²) in [6, 6.07) is 0. The molecule has 0 amide bonds. The van der Waals surface area contributed by atoms with E-state index in [-0.39, 0.29) is 35.3 Å². The average Bonchev–Trinajstić information content (AvgIpc) is 2.59. The number of hydrogen-bond donors (Lipinski definition) is 0. The van der Waals surface area contributed by atoms with Crippen molar-refractivity contribution in [3.05, 3.63) is 23.8 Å². The molecule has 0 aliphatic heterocycles. The van der Waals surface area contributed by atoms with E-state index in [1.54, 1.807) is 0 Å². The van der Waals surface area contributed by atoms with Crippen LogP contribution >= 0.6 is 0 Å². The molecule has 0 spiro atoms. The van der Waals surface area contributed by atoms with E-state index in [0.717, 1.165) is 12.3 Å². The van der Waals surface area contributed by atoms with E-state index in [2.05, 4.69) is 18.2 Å². The summed E-state index contributed by atoms with van der Waals surface area (Å²) in [5.41, 5.74) is 1.50. The third-order valence-electron chi connectivity index (χ3n) is 2.52. The molecule has 1 saturated carbocycles. The normalized spacial score (nSPS) is 19.8. The summed E-state index contributed by atoms with van der Waals surface area (Å²) in [4.78, 5) is 0. The molecule has 0 aromatic rings. The van der Waals surface area contributed by atoms with Gasteiger partial charge in [-0.15, -0.1) is 6.42 Å². The number of allylic oxidation sites excluding steroid dienone is 4. The van der Waals surface area contributed by atoms with Crippen LogP contribution in [0.1, 0.15) is 32.1 Å². The van der Waals surface area contributed by atoms with Gasteiger partial charge in [-0.3, -0.25) is 6.08 Å². The van der Waals surface area contributed by atoms with Gasteiger partial charge in [0.1, 0.15) is 0 Å².